The first-order chi connectivity index (χ1) is 9.43. The van der Waals surface area contributed by atoms with Gasteiger partial charge in [-0.25, -0.2) is 8.42 Å². The summed E-state index contributed by atoms with van der Waals surface area (Å²) < 4.78 is 63.0. The van der Waals surface area contributed by atoms with E-state index in [2.05, 4.69) is 0 Å². The molecule has 0 saturated carbocycles. The van der Waals surface area contributed by atoms with E-state index in [1.807, 2.05) is 0 Å². The number of nitrogen functional groups attached to an aromatic ring is 1. The van der Waals surface area contributed by atoms with Gasteiger partial charge in [0.05, 0.1) is 5.69 Å². The predicted molar refractivity (Wildman–Crippen MR) is 75.5 cm³/mol. The molecule has 0 aliphatic carbocycles. The fraction of sp³-hybridized carbons (Fsp3) is 0.500. The van der Waals surface area contributed by atoms with Crippen molar-refractivity contribution in [2.75, 3.05) is 18.8 Å². The number of sulfonamides is 1. The summed E-state index contributed by atoms with van der Waals surface area (Å²) in [6.07, 6.45) is -4.64. The third-order valence-corrected chi connectivity index (χ3v) is 4.62. The molecule has 0 fully saturated rings. The maximum absolute atomic E-state index is 12.6. The Balaban J connectivity index is 3.29. The van der Waals surface area contributed by atoms with Crippen LogP contribution in [0.5, 0.6) is 0 Å². The summed E-state index contributed by atoms with van der Waals surface area (Å²) in [7, 11) is -4.38. The first kappa shape index (κ1) is 18.1. The van der Waals surface area contributed by atoms with E-state index in [1.165, 1.54) is 12.1 Å². The summed E-state index contributed by atoms with van der Waals surface area (Å²) >= 11 is 5.71. The van der Waals surface area contributed by atoms with Gasteiger partial charge in [0.1, 0.15) is 11.4 Å². The van der Waals surface area contributed by atoms with Gasteiger partial charge in [-0.3, -0.25) is 0 Å². The van der Waals surface area contributed by atoms with Crippen molar-refractivity contribution >= 4 is 27.3 Å². The van der Waals surface area contributed by atoms with Gasteiger partial charge >= 0.3 is 6.18 Å². The molecule has 0 amide bonds. The Morgan fingerprint density at radius 2 is 1.90 bits per heavy atom. The normalized spacial score (nSPS) is 13.1. The summed E-state index contributed by atoms with van der Waals surface area (Å²) in [5.74, 6) is -0.275. The quantitative estimate of drug-likeness (QED) is 0.835. The van der Waals surface area contributed by atoms with Gasteiger partial charge in [-0.1, -0.05) is 25.4 Å². The molecule has 0 aromatic heterocycles. The molecule has 120 valence electrons. The number of rotatable bonds is 5. The second-order valence-corrected chi connectivity index (χ2v) is 7.33. The lowest BCUT2D eigenvalue weighted by atomic mass is 10.2. The molecular weight excluding hydrogens is 329 g/mol. The Kier molecular flexibility index (Phi) is 5.51. The fourth-order valence-corrected chi connectivity index (χ4v) is 3.69. The molecule has 1 rings (SSSR count). The van der Waals surface area contributed by atoms with Crippen molar-refractivity contribution in [1.29, 1.82) is 0 Å². The van der Waals surface area contributed by atoms with Gasteiger partial charge < -0.3 is 5.73 Å². The van der Waals surface area contributed by atoms with Gasteiger partial charge in [0.15, 0.2) is 0 Å². The zero-order valence-electron chi connectivity index (χ0n) is 11.5. The van der Waals surface area contributed by atoms with Crippen LogP contribution in [0.3, 0.4) is 0 Å². The molecule has 0 atom stereocenters. The standard InChI is InChI=1S/C12H16ClF3N2O2S/c1-8(2)6-18(7-12(14,15)16)21(19,20)11-5-9(13)3-4-10(11)17/h3-5,8H,6-7,17H2,1-2H3. The smallest absolute Gasteiger partial charge is 0.398 e. The number of nitrogens with two attached hydrogens (primary N) is 1. The van der Waals surface area contributed by atoms with Crippen molar-refractivity contribution in [3.05, 3.63) is 23.2 Å². The van der Waals surface area contributed by atoms with Crippen LogP contribution in [0.15, 0.2) is 23.1 Å². The van der Waals surface area contributed by atoms with Gasteiger partial charge in [0, 0.05) is 11.6 Å². The Morgan fingerprint density at radius 3 is 2.38 bits per heavy atom. The highest BCUT2D eigenvalue weighted by Gasteiger charge is 2.38. The van der Waals surface area contributed by atoms with Gasteiger partial charge in [-0.2, -0.15) is 17.5 Å². The molecule has 0 bridgehead atoms. The van der Waals surface area contributed by atoms with Crippen molar-refractivity contribution in [3.8, 4) is 0 Å². The predicted octanol–water partition coefficient (Wildman–Crippen LogP) is 3.13. The summed E-state index contributed by atoms with van der Waals surface area (Å²) in [5, 5.41) is 0.0827. The van der Waals surface area contributed by atoms with Crippen LogP contribution in [0.25, 0.3) is 0 Å². The lowest BCUT2D eigenvalue weighted by molar-refractivity contribution is -0.136. The number of alkyl halides is 3. The van der Waals surface area contributed by atoms with Gasteiger partial charge in [0.2, 0.25) is 10.0 Å². The third-order valence-electron chi connectivity index (χ3n) is 2.52. The fourth-order valence-electron chi connectivity index (χ4n) is 1.73. The van der Waals surface area contributed by atoms with Crippen molar-refractivity contribution < 1.29 is 21.6 Å². The monoisotopic (exact) mass is 344 g/mol. The first-order valence-electron chi connectivity index (χ1n) is 6.05. The number of benzene rings is 1. The largest absolute Gasteiger partial charge is 0.402 e. The number of nitrogens with zero attached hydrogens (tertiary/aromatic N) is 1. The number of hydrogen-bond acceptors (Lipinski definition) is 3. The topological polar surface area (TPSA) is 63.4 Å². The minimum atomic E-state index is -4.64. The molecule has 0 unspecified atom stereocenters. The number of anilines is 1. The Bertz CT molecular complexity index is 603. The van der Waals surface area contributed by atoms with E-state index in [1.54, 1.807) is 13.8 Å². The highest BCUT2D eigenvalue weighted by molar-refractivity contribution is 7.89. The van der Waals surface area contributed by atoms with Crippen molar-refractivity contribution in [3.63, 3.8) is 0 Å². The van der Waals surface area contributed by atoms with E-state index in [4.69, 9.17) is 17.3 Å². The lowest BCUT2D eigenvalue weighted by Crippen LogP contribution is -2.41. The van der Waals surface area contributed by atoms with E-state index in [0.29, 0.717) is 4.31 Å². The number of halogens is 4. The molecule has 1 aromatic rings. The minimum Gasteiger partial charge on any atom is -0.398 e. The van der Waals surface area contributed by atoms with Crippen LogP contribution >= 0.6 is 11.6 Å². The number of hydrogen-bond donors (Lipinski definition) is 1. The van der Waals surface area contributed by atoms with E-state index in [-0.39, 0.29) is 23.2 Å². The van der Waals surface area contributed by atoms with Crippen molar-refractivity contribution in [1.82, 2.24) is 4.31 Å². The molecule has 2 N–H and O–H groups in total. The maximum Gasteiger partial charge on any atom is 0.402 e. The molecule has 0 heterocycles. The highest BCUT2D eigenvalue weighted by Crippen LogP contribution is 2.28. The van der Waals surface area contributed by atoms with Crippen LogP contribution < -0.4 is 5.73 Å². The second kappa shape index (κ2) is 6.41. The van der Waals surface area contributed by atoms with E-state index < -0.39 is 27.6 Å². The zero-order valence-corrected chi connectivity index (χ0v) is 13.1. The van der Waals surface area contributed by atoms with E-state index in [9.17, 15) is 21.6 Å². The Hall–Kier alpha value is -0.990. The Labute approximate surface area is 126 Å². The summed E-state index contributed by atoms with van der Waals surface area (Å²) in [6, 6.07) is 3.67. The molecule has 4 nitrogen and oxygen atoms in total. The lowest BCUT2D eigenvalue weighted by Gasteiger charge is -2.25. The van der Waals surface area contributed by atoms with Crippen LogP contribution in [0, 0.1) is 5.92 Å². The van der Waals surface area contributed by atoms with Crippen LogP contribution in [0.4, 0.5) is 18.9 Å². The van der Waals surface area contributed by atoms with Crippen molar-refractivity contribution in [2.24, 2.45) is 5.92 Å². The molecule has 9 heteroatoms. The van der Waals surface area contributed by atoms with E-state index in [0.717, 1.165) is 6.07 Å². The van der Waals surface area contributed by atoms with Gasteiger partial charge in [-0.05, 0) is 24.1 Å². The van der Waals surface area contributed by atoms with Crippen molar-refractivity contribution in [2.45, 2.75) is 24.9 Å². The van der Waals surface area contributed by atoms with E-state index >= 15 is 0 Å². The first-order valence-corrected chi connectivity index (χ1v) is 7.87. The van der Waals surface area contributed by atoms with Crippen LogP contribution in [-0.2, 0) is 10.0 Å². The minimum absolute atomic E-state index is 0.0827. The van der Waals surface area contributed by atoms with Crippen LogP contribution in [0.1, 0.15) is 13.8 Å². The summed E-state index contributed by atoms with van der Waals surface area (Å²) in [5.41, 5.74) is 5.42. The Morgan fingerprint density at radius 1 is 1.33 bits per heavy atom. The second-order valence-electron chi connectivity index (χ2n) is 4.99. The average molecular weight is 345 g/mol. The zero-order chi connectivity index (χ0) is 16.4. The highest BCUT2D eigenvalue weighted by atomic mass is 35.5. The molecule has 0 spiro atoms. The van der Waals surface area contributed by atoms with Crippen LogP contribution in [-0.4, -0.2) is 32.0 Å². The molecule has 0 aliphatic heterocycles. The molecule has 0 aliphatic rings. The van der Waals surface area contributed by atoms with Crippen LogP contribution in [0.2, 0.25) is 5.02 Å². The SMILES string of the molecule is CC(C)CN(CC(F)(F)F)S(=O)(=O)c1cc(Cl)ccc1N. The van der Waals surface area contributed by atoms with Gasteiger partial charge in [-0.15, -0.1) is 0 Å². The summed E-state index contributed by atoms with van der Waals surface area (Å²) in [6.45, 7) is 1.41. The molecule has 0 saturated heterocycles. The van der Waals surface area contributed by atoms with Gasteiger partial charge in [0.25, 0.3) is 0 Å². The molecule has 1 aromatic carbocycles. The molecule has 21 heavy (non-hydrogen) atoms. The molecule has 0 radical (unpaired) electrons. The summed E-state index contributed by atoms with van der Waals surface area (Å²) in [4.78, 5) is -0.417. The maximum atomic E-state index is 12.6. The third kappa shape index (κ3) is 5.05. The molecular formula is C12H16ClF3N2O2S. The average Bonchev–Trinajstić information content (AvgIpc) is 2.29.